The Morgan fingerprint density at radius 1 is 1.14 bits per heavy atom. The number of carbonyl (C=O) groups excluding carboxylic acids is 2. The van der Waals surface area contributed by atoms with Gasteiger partial charge in [0.2, 0.25) is 0 Å². The Morgan fingerprint density at radius 3 is 2.29 bits per heavy atom. The van der Waals surface area contributed by atoms with Gasteiger partial charge in [-0.15, -0.1) is 0 Å². The summed E-state index contributed by atoms with van der Waals surface area (Å²) in [6, 6.07) is 0. The topological polar surface area (TPSA) is 67.7 Å². The van der Waals surface area contributed by atoms with Crippen molar-refractivity contribution in [3.63, 3.8) is 0 Å². The number of nitrogens with zero attached hydrogens (tertiary/aromatic N) is 4. The van der Waals surface area contributed by atoms with Crippen LogP contribution in [0, 0.1) is 0 Å². The summed E-state index contributed by atoms with van der Waals surface area (Å²) >= 11 is 0. The monoisotopic (exact) mass is 392 g/mol. The lowest BCUT2D eigenvalue weighted by Crippen LogP contribution is -2.41. The van der Waals surface area contributed by atoms with Crippen molar-refractivity contribution in [3.8, 4) is 0 Å². The fourth-order valence-electron chi connectivity index (χ4n) is 3.41. The molecule has 1 aromatic rings. The predicted molar refractivity (Wildman–Crippen MR) is 109 cm³/mol. The third kappa shape index (κ3) is 5.49. The molecule has 7 heteroatoms. The normalized spacial score (nSPS) is 14.0. The number of fused-ring (bicyclic) bond motifs is 1. The maximum atomic E-state index is 13.3. The summed E-state index contributed by atoms with van der Waals surface area (Å²) in [5.74, 6) is 0.0178. The minimum Gasteiger partial charge on any atom is -0.444 e. The van der Waals surface area contributed by atoms with Crippen LogP contribution in [-0.4, -0.2) is 56.8 Å². The molecule has 7 nitrogen and oxygen atoms in total. The van der Waals surface area contributed by atoms with Gasteiger partial charge < -0.3 is 14.5 Å². The van der Waals surface area contributed by atoms with Crippen molar-refractivity contribution in [1.29, 1.82) is 0 Å². The minimum absolute atomic E-state index is 0.0178. The molecule has 0 saturated carbocycles. The lowest BCUT2D eigenvalue weighted by molar-refractivity contribution is 0.0222. The van der Waals surface area contributed by atoms with E-state index in [1.54, 1.807) is 9.58 Å². The van der Waals surface area contributed by atoms with Gasteiger partial charge in [-0.2, -0.15) is 5.10 Å². The quantitative estimate of drug-likeness (QED) is 0.709. The number of hydrogen-bond acceptors (Lipinski definition) is 4. The lowest BCUT2D eigenvalue weighted by Gasteiger charge is -2.30. The van der Waals surface area contributed by atoms with Gasteiger partial charge in [0.1, 0.15) is 11.3 Å². The van der Waals surface area contributed by atoms with Crippen molar-refractivity contribution < 1.29 is 14.3 Å². The fourth-order valence-corrected chi connectivity index (χ4v) is 3.41. The molecule has 1 aliphatic heterocycles. The highest BCUT2D eigenvalue weighted by Gasteiger charge is 2.32. The predicted octanol–water partition coefficient (Wildman–Crippen LogP) is 3.76. The van der Waals surface area contributed by atoms with Gasteiger partial charge in [-0.1, -0.05) is 26.7 Å². The van der Waals surface area contributed by atoms with E-state index < -0.39 is 5.60 Å². The van der Waals surface area contributed by atoms with Gasteiger partial charge in [0.05, 0.1) is 12.2 Å². The van der Waals surface area contributed by atoms with Crippen LogP contribution >= 0.6 is 0 Å². The highest BCUT2D eigenvalue weighted by Crippen LogP contribution is 2.25. The summed E-state index contributed by atoms with van der Waals surface area (Å²) in [6.45, 7) is 12.3. The summed E-state index contributed by atoms with van der Waals surface area (Å²) in [7, 11) is 1.82. The molecule has 0 fully saturated rings. The van der Waals surface area contributed by atoms with E-state index in [4.69, 9.17) is 4.74 Å². The maximum Gasteiger partial charge on any atom is 0.410 e. The van der Waals surface area contributed by atoms with E-state index in [0.717, 1.165) is 50.0 Å². The molecular formula is C21H36N4O3. The average molecular weight is 393 g/mol. The number of ether oxygens (including phenoxy) is 1. The van der Waals surface area contributed by atoms with Gasteiger partial charge in [-0.25, -0.2) is 4.79 Å². The highest BCUT2D eigenvalue weighted by atomic mass is 16.6. The highest BCUT2D eigenvalue weighted by molar-refractivity contribution is 5.94. The summed E-state index contributed by atoms with van der Waals surface area (Å²) < 4.78 is 7.21. The van der Waals surface area contributed by atoms with Gasteiger partial charge in [0.25, 0.3) is 5.91 Å². The van der Waals surface area contributed by atoms with Gasteiger partial charge >= 0.3 is 6.09 Å². The molecule has 0 saturated heterocycles. The average Bonchev–Trinajstić information content (AvgIpc) is 2.94. The fraction of sp³-hybridized carbons (Fsp3) is 0.762. The van der Waals surface area contributed by atoms with Crippen LogP contribution in [0.15, 0.2) is 0 Å². The first-order valence-corrected chi connectivity index (χ1v) is 10.5. The van der Waals surface area contributed by atoms with E-state index >= 15 is 0 Å². The van der Waals surface area contributed by atoms with E-state index in [0.29, 0.717) is 25.2 Å². The summed E-state index contributed by atoms with van der Waals surface area (Å²) in [6.07, 6.45) is 4.37. The summed E-state index contributed by atoms with van der Waals surface area (Å²) in [5, 5.41) is 4.57. The van der Waals surface area contributed by atoms with Crippen LogP contribution in [0.25, 0.3) is 0 Å². The van der Waals surface area contributed by atoms with Crippen molar-refractivity contribution in [3.05, 3.63) is 17.0 Å². The second-order valence-corrected chi connectivity index (χ2v) is 8.55. The molecule has 0 radical (unpaired) electrons. The van der Waals surface area contributed by atoms with Crippen molar-refractivity contribution in [2.24, 2.45) is 7.05 Å². The van der Waals surface area contributed by atoms with E-state index in [9.17, 15) is 9.59 Å². The van der Waals surface area contributed by atoms with Crippen LogP contribution in [-0.2, 0) is 24.8 Å². The van der Waals surface area contributed by atoms with Crippen molar-refractivity contribution in [2.45, 2.75) is 78.9 Å². The molecule has 0 aromatic carbocycles. The molecule has 2 heterocycles. The zero-order valence-corrected chi connectivity index (χ0v) is 18.4. The van der Waals surface area contributed by atoms with Crippen LogP contribution < -0.4 is 0 Å². The van der Waals surface area contributed by atoms with Crippen molar-refractivity contribution in [2.75, 3.05) is 19.6 Å². The van der Waals surface area contributed by atoms with Crippen LogP contribution in [0.2, 0.25) is 0 Å². The molecule has 158 valence electrons. The molecule has 1 aromatic heterocycles. The number of aromatic nitrogens is 2. The Morgan fingerprint density at radius 2 is 1.75 bits per heavy atom. The molecule has 0 aliphatic carbocycles. The van der Waals surface area contributed by atoms with Crippen molar-refractivity contribution >= 4 is 12.0 Å². The third-order valence-corrected chi connectivity index (χ3v) is 4.90. The van der Waals surface area contributed by atoms with Crippen molar-refractivity contribution in [1.82, 2.24) is 19.6 Å². The molecule has 0 N–H and O–H groups in total. The first kappa shape index (κ1) is 22.2. The Hall–Kier alpha value is -2.05. The first-order chi connectivity index (χ1) is 13.2. The van der Waals surface area contributed by atoms with Crippen LogP contribution in [0.5, 0.6) is 0 Å². The van der Waals surface area contributed by atoms with Gasteiger partial charge in [-0.05, 0) is 33.6 Å². The Balaban J connectivity index is 2.24. The molecular weight excluding hydrogens is 356 g/mol. The van der Waals surface area contributed by atoms with Crippen LogP contribution in [0.3, 0.4) is 0 Å². The van der Waals surface area contributed by atoms with Crippen LogP contribution in [0.1, 0.15) is 82.0 Å². The summed E-state index contributed by atoms with van der Waals surface area (Å²) in [5.41, 5.74) is 1.84. The third-order valence-electron chi connectivity index (χ3n) is 4.90. The number of aryl methyl sites for hydroxylation is 1. The Bertz CT molecular complexity index is 683. The Kier molecular flexibility index (Phi) is 7.49. The smallest absolute Gasteiger partial charge is 0.410 e. The van der Waals surface area contributed by atoms with Crippen LogP contribution in [0.4, 0.5) is 4.79 Å². The minimum atomic E-state index is -0.540. The molecule has 1 aliphatic rings. The lowest BCUT2D eigenvalue weighted by atomic mass is 10.0. The number of carbonyl (C=O) groups is 2. The molecule has 0 unspecified atom stereocenters. The molecule has 2 rings (SSSR count). The molecule has 0 atom stereocenters. The second kappa shape index (κ2) is 9.43. The number of hydrogen-bond donors (Lipinski definition) is 0. The molecule has 0 spiro atoms. The molecule has 28 heavy (non-hydrogen) atoms. The van der Waals surface area contributed by atoms with E-state index in [-0.39, 0.29) is 12.0 Å². The largest absolute Gasteiger partial charge is 0.444 e. The van der Waals surface area contributed by atoms with E-state index in [1.165, 1.54) is 0 Å². The zero-order valence-electron chi connectivity index (χ0n) is 18.4. The van der Waals surface area contributed by atoms with Gasteiger partial charge in [0.15, 0.2) is 0 Å². The zero-order chi connectivity index (χ0) is 20.9. The molecule has 0 bridgehead atoms. The first-order valence-electron chi connectivity index (χ1n) is 10.5. The van der Waals surface area contributed by atoms with Gasteiger partial charge in [0, 0.05) is 38.7 Å². The number of unbranched alkanes of at least 4 members (excludes halogenated alkanes) is 2. The SMILES string of the molecule is CCCCN(CCCC)C(=O)c1c2c(nn1C)CCN(C(=O)OC(C)(C)C)C2. The van der Waals surface area contributed by atoms with E-state index in [2.05, 4.69) is 18.9 Å². The molecule has 2 amide bonds. The van der Waals surface area contributed by atoms with E-state index in [1.807, 2.05) is 32.7 Å². The second-order valence-electron chi connectivity index (χ2n) is 8.55. The number of amides is 2. The maximum absolute atomic E-state index is 13.3. The standard InChI is InChI=1S/C21H36N4O3/c1-7-9-12-24(13-10-8-2)19(26)18-16-15-25(20(27)28-21(3,4)5)14-11-17(16)22-23(18)6/h7-15H2,1-6H3. The number of rotatable bonds is 7. The summed E-state index contributed by atoms with van der Waals surface area (Å²) in [4.78, 5) is 29.5. The van der Waals surface area contributed by atoms with Gasteiger partial charge in [-0.3, -0.25) is 9.48 Å². The Labute approximate surface area is 169 Å².